The van der Waals surface area contributed by atoms with E-state index in [2.05, 4.69) is 30.9 Å². The fourth-order valence-corrected chi connectivity index (χ4v) is 2.25. The van der Waals surface area contributed by atoms with Crippen molar-refractivity contribution in [1.82, 2.24) is 15.0 Å². The van der Waals surface area contributed by atoms with Crippen LogP contribution in [0.1, 0.15) is 16.1 Å². The van der Waals surface area contributed by atoms with Gasteiger partial charge >= 0.3 is 0 Å². The first kappa shape index (κ1) is 13.6. The summed E-state index contributed by atoms with van der Waals surface area (Å²) in [6, 6.07) is 8.67. The average Bonchev–Trinajstić information content (AvgIpc) is 2.48. The van der Waals surface area contributed by atoms with Gasteiger partial charge in [0.15, 0.2) is 5.78 Å². The number of Topliss-reactive ketones (excluding diaryl/α,β-unsaturated/α-hetero) is 1. The van der Waals surface area contributed by atoms with Gasteiger partial charge in [-0.3, -0.25) is 14.6 Å². The number of benzene rings is 1. The summed E-state index contributed by atoms with van der Waals surface area (Å²) in [7, 11) is 0. The molecule has 0 fully saturated rings. The van der Waals surface area contributed by atoms with Crippen LogP contribution < -0.4 is 5.56 Å². The van der Waals surface area contributed by atoms with Crippen LogP contribution in [0.3, 0.4) is 0 Å². The van der Waals surface area contributed by atoms with E-state index >= 15 is 0 Å². The molecule has 0 saturated heterocycles. The smallest absolute Gasteiger partial charge is 0.270 e. The summed E-state index contributed by atoms with van der Waals surface area (Å²) >= 11 is 3.31. The van der Waals surface area contributed by atoms with Gasteiger partial charge in [-0.05, 0) is 18.2 Å². The number of aromatic nitrogens is 3. The summed E-state index contributed by atoms with van der Waals surface area (Å²) in [5, 5.41) is 0. The van der Waals surface area contributed by atoms with Crippen LogP contribution in [0, 0.1) is 0 Å². The van der Waals surface area contributed by atoms with Crippen molar-refractivity contribution >= 4 is 32.7 Å². The van der Waals surface area contributed by atoms with Crippen LogP contribution in [-0.4, -0.2) is 20.7 Å². The number of pyridine rings is 1. The highest BCUT2D eigenvalue weighted by Gasteiger charge is 2.12. The molecule has 3 aromatic rings. The summed E-state index contributed by atoms with van der Waals surface area (Å²) in [6.45, 7) is 0. The Morgan fingerprint density at radius 1 is 1.19 bits per heavy atom. The molecule has 21 heavy (non-hydrogen) atoms. The number of H-pyrrole nitrogens is 1. The lowest BCUT2D eigenvalue weighted by Crippen LogP contribution is -2.19. The molecule has 0 radical (unpaired) electrons. The van der Waals surface area contributed by atoms with Crippen molar-refractivity contribution in [1.29, 1.82) is 0 Å². The highest BCUT2D eigenvalue weighted by molar-refractivity contribution is 9.10. The Kier molecular flexibility index (Phi) is 3.62. The first-order valence-corrected chi connectivity index (χ1v) is 7.04. The second kappa shape index (κ2) is 5.57. The average molecular weight is 344 g/mol. The van der Waals surface area contributed by atoms with Crippen LogP contribution in [0.4, 0.5) is 0 Å². The van der Waals surface area contributed by atoms with Gasteiger partial charge in [-0.25, -0.2) is 4.98 Å². The molecular formula is C15H10BrN3O2. The zero-order valence-electron chi connectivity index (χ0n) is 10.8. The lowest BCUT2D eigenvalue weighted by Gasteiger charge is -2.02. The fraction of sp³-hybridized carbons (Fsp3) is 0.0667. The molecule has 0 saturated carbocycles. The quantitative estimate of drug-likeness (QED) is 0.741. The standard InChI is InChI=1S/C15H10BrN3O2/c16-10-3-1-9(2-4-10)14(20)7-12-15(21)19-11-5-6-17-8-13(11)18-12/h1-6,8H,7H2,(H,19,21). The maximum absolute atomic E-state index is 12.2. The number of nitrogens with one attached hydrogen (secondary N) is 1. The number of fused-ring (bicyclic) bond motifs is 1. The SMILES string of the molecule is O=C(Cc1nc2cnccc2[nH]c1=O)c1ccc(Br)cc1. The van der Waals surface area contributed by atoms with E-state index < -0.39 is 0 Å². The predicted octanol–water partition coefficient (Wildman–Crippen LogP) is 2.51. The highest BCUT2D eigenvalue weighted by Crippen LogP contribution is 2.12. The number of halogens is 1. The van der Waals surface area contributed by atoms with Crippen molar-refractivity contribution < 1.29 is 4.79 Å². The van der Waals surface area contributed by atoms with Crippen molar-refractivity contribution in [3.05, 3.63) is 68.8 Å². The molecule has 2 aromatic heterocycles. The molecule has 0 atom stereocenters. The van der Waals surface area contributed by atoms with Gasteiger partial charge < -0.3 is 4.98 Å². The lowest BCUT2D eigenvalue weighted by molar-refractivity contribution is 0.0991. The Morgan fingerprint density at radius 3 is 2.71 bits per heavy atom. The Morgan fingerprint density at radius 2 is 1.95 bits per heavy atom. The molecule has 6 heteroatoms. The summed E-state index contributed by atoms with van der Waals surface area (Å²) in [4.78, 5) is 35.0. The van der Waals surface area contributed by atoms with E-state index in [-0.39, 0.29) is 23.5 Å². The van der Waals surface area contributed by atoms with Gasteiger partial charge in [0.25, 0.3) is 5.56 Å². The molecule has 0 bridgehead atoms. The monoisotopic (exact) mass is 343 g/mol. The molecule has 2 heterocycles. The van der Waals surface area contributed by atoms with Crippen LogP contribution in [0.2, 0.25) is 0 Å². The van der Waals surface area contributed by atoms with Crippen molar-refractivity contribution in [2.45, 2.75) is 6.42 Å². The van der Waals surface area contributed by atoms with E-state index in [9.17, 15) is 9.59 Å². The Hall–Kier alpha value is -2.34. The largest absolute Gasteiger partial charge is 0.319 e. The molecule has 0 aliphatic carbocycles. The van der Waals surface area contributed by atoms with Gasteiger partial charge in [0.05, 0.1) is 18.1 Å². The number of carbonyl (C=O) groups excluding carboxylic acids is 1. The molecule has 3 rings (SSSR count). The third-order valence-electron chi connectivity index (χ3n) is 3.06. The fourth-order valence-electron chi connectivity index (χ4n) is 1.98. The second-order valence-corrected chi connectivity index (χ2v) is 5.43. The van der Waals surface area contributed by atoms with E-state index in [0.29, 0.717) is 16.6 Å². The van der Waals surface area contributed by atoms with Crippen LogP contribution in [0.25, 0.3) is 11.0 Å². The molecule has 5 nitrogen and oxygen atoms in total. The molecular weight excluding hydrogens is 334 g/mol. The predicted molar refractivity (Wildman–Crippen MR) is 82.3 cm³/mol. The molecule has 0 aliphatic heterocycles. The van der Waals surface area contributed by atoms with Crippen LogP contribution >= 0.6 is 15.9 Å². The minimum absolute atomic E-state index is 0.0399. The van der Waals surface area contributed by atoms with Crippen molar-refractivity contribution in [3.8, 4) is 0 Å². The van der Waals surface area contributed by atoms with Crippen LogP contribution in [0.15, 0.2) is 52.0 Å². The maximum Gasteiger partial charge on any atom is 0.270 e. The topological polar surface area (TPSA) is 75.7 Å². The van der Waals surface area contributed by atoms with Gasteiger partial charge in [-0.1, -0.05) is 28.1 Å². The zero-order valence-corrected chi connectivity index (χ0v) is 12.4. The third-order valence-corrected chi connectivity index (χ3v) is 3.59. The van der Waals surface area contributed by atoms with Crippen LogP contribution in [-0.2, 0) is 6.42 Å². The number of ketones is 1. The highest BCUT2D eigenvalue weighted by atomic mass is 79.9. The van der Waals surface area contributed by atoms with Crippen molar-refractivity contribution in [2.24, 2.45) is 0 Å². The summed E-state index contributed by atoms with van der Waals surface area (Å²) in [6.07, 6.45) is 3.09. The van der Waals surface area contributed by atoms with E-state index in [4.69, 9.17) is 0 Å². The Labute approximate surface area is 128 Å². The van der Waals surface area contributed by atoms with Crippen molar-refractivity contribution in [2.75, 3.05) is 0 Å². The second-order valence-electron chi connectivity index (χ2n) is 4.51. The van der Waals surface area contributed by atoms with E-state index in [1.807, 2.05) is 0 Å². The molecule has 0 amide bonds. The minimum atomic E-state index is -0.348. The third kappa shape index (κ3) is 2.90. The van der Waals surface area contributed by atoms with Crippen LogP contribution in [0.5, 0.6) is 0 Å². The first-order valence-electron chi connectivity index (χ1n) is 6.25. The first-order chi connectivity index (χ1) is 10.1. The van der Waals surface area contributed by atoms with E-state index in [1.54, 1.807) is 42.7 Å². The summed E-state index contributed by atoms with van der Waals surface area (Å²) in [5.41, 5.74) is 1.57. The Bertz CT molecular complexity index is 872. The minimum Gasteiger partial charge on any atom is -0.319 e. The number of rotatable bonds is 3. The molecule has 1 N–H and O–H groups in total. The number of carbonyl (C=O) groups is 1. The number of nitrogens with zero attached hydrogens (tertiary/aromatic N) is 2. The number of hydrogen-bond acceptors (Lipinski definition) is 4. The maximum atomic E-state index is 12.2. The number of hydrogen-bond donors (Lipinski definition) is 1. The van der Waals surface area contributed by atoms with E-state index in [1.165, 1.54) is 0 Å². The molecule has 0 unspecified atom stereocenters. The normalized spacial score (nSPS) is 10.7. The Balaban J connectivity index is 1.94. The molecule has 104 valence electrons. The van der Waals surface area contributed by atoms with Gasteiger partial charge in [-0.15, -0.1) is 0 Å². The molecule has 1 aromatic carbocycles. The zero-order chi connectivity index (χ0) is 14.8. The van der Waals surface area contributed by atoms with Gasteiger partial charge in [0, 0.05) is 16.2 Å². The molecule has 0 aliphatic rings. The van der Waals surface area contributed by atoms with Crippen molar-refractivity contribution in [3.63, 3.8) is 0 Å². The number of aromatic amines is 1. The lowest BCUT2D eigenvalue weighted by atomic mass is 10.1. The molecule has 0 spiro atoms. The van der Waals surface area contributed by atoms with Gasteiger partial charge in [0.1, 0.15) is 11.2 Å². The summed E-state index contributed by atoms with van der Waals surface area (Å²) in [5.74, 6) is -0.149. The van der Waals surface area contributed by atoms with E-state index in [0.717, 1.165) is 4.47 Å². The summed E-state index contributed by atoms with van der Waals surface area (Å²) < 4.78 is 0.895. The van der Waals surface area contributed by atoms with Gasteiger partial charge in [-0.2, -0.15) is 0 Å². The van der Waals surface area contributed by atoms with Gasteiger partial charge in [0.2, 0.25) is 0 Å².